The highest BCUT2D eigenvalue weighted by Gasteiger charge is 2.46. The van der Waals surface area contributed by atoms with E-state index < -0.39 is 0 Å². The molecule has 1 aliphatic carbocycles. The second kappa shape index (κ2) is 13.5. The third kappa shape index (κ3) is 6.30. The lowest BCUT2D eigenvalue weighted by molar-refractivity contribution is -0.143. The molecule has 2 fully saturated rings. The summed E-state index contributed by atoms with van der Waals surface area (Å²) in [6.45, 7) is 7.49. The summed E-state index contributed by atoms with van der Waals surface area (Å²) in [5.74, 6) is 0.239. The summed E-state index contributed by atoms with van der Waals surface area (Å²) in [4.78, 5) is 29.5. The van der Waals surface area contributed by atoms with Gasteiger partial charge in [-0.3, -0.25) is 9.59 Å². The molecule has 2 amide bonds. The van der Waals surface area contributed by atoms with Crippen molar-refractivity contribution in [2.45, 2.75) is 56.7 Å². The molecule has 6 rings (SSSR count). The van der Waals surface area contributed by atoms with Crippen LogP contribution in [0.1, 0.15) is 72.1 Å². The van der Waals surface area contributed by atoms with Gasteiger partial charge in [0.2, 0.25) is 5.91 Å². The van der Waals surface area contributed by atoms with E-state index in [1.165, 1.54) is 11.1 Å². The molecule has 3 aromatic carbocycles. The van der Waals surface area contributed by atoms with Crippen molar-refractivity contribution in [2.75, 3.05) is 11.9 Å². The van der Waals surface area contributed by atoms with Gasteiger partial charge in [0.25, 0.3) is 5.91 Å². The van der Waals surface area contributed by atoms with E-state index in [-0.39, 0.29) is 35.9 Å². The number of carbonyl (C=O) groups excluding carboxylic acids is 2. The van der Waals surface area contributed by atoms with E-state index in [1.807, 2.05) is 30.3 Å². The van der Waals surface area contributed by atoms with Crippen LogP contribution in [0.25, 0.3) is 0 Å². The van der Waals surface area contributed by atoms with Crippen molar-refractivity contribution >= 4 is 17.5 Å². The third-order valence-corrected chi connectivity index (χ3v) is 8.74. The molecule has 2 aliphatic heterocycles. The summed E-state index contributed by atoms with van der Waals surface area (Å²) in [7, 11) is 0. The Kier molecular flexibility index (Phi) is 9.35. The zero-order chi connectivity index (χ0) is 28.6. The maximum Gasteiger partial charge on any atom is 0.251 e. The number of anilines is 1. The second-order valence-corrected chi connectivity index (χ2v) is 11.2. The van der Waals surface area contributed by atoms with E-state index in [2.05, 4.69) is 83.3 Å². The molecule has 0 radical (unpaired) electrons. The average Bonchev–Trinajstić information content (AvgIpc) is 3.05. The molecule has 5 heteroatoms. The van der Waals surface area contributed by atoms with Crippen molar-refractivity contribution < 1.29 is 9.59 Å². The second-order valence-electron chi connectivity index (χ2n) is 11.2. The normalized spacial score (nSPS) is 24.7. The molecule has 3 aromatic rings. The SMILES string of the molecule is C=CC=C.O=C(N[C@@H]1CCCC[C@@H]1C(=O)N1CCCC2C(c3ccccc3)Nc3ccccc3C21)c1ccccc1. The van der Waals surface area contributed by atoms with E-state index in [1.54, 1.807) is 12.2 Å². The van der Waals surface area contributed by atoms with E-state index in [4.69, 9.17) is 0 Å². The summed E-state index contributed by atoms with van der Waals surface area (Å²) in [6.07, 6.45) is 9.09. The fraction of sp³-hybridized carbons (Fsp3) is 0.333. The zero-order valence-corrected chi connectivity index (χ0v) is 23.8. The van der Waals surface area contributed by atoms with Crippen molar-refractivity contribution in [3.63, 3.8) is 0 Å². The highest BCUT2D eigenvalue weighted by atomic mass is 16.2. The van der Waals surface area contributed by atoms with Crippen LogP contribution in [0.2, 0.25) is 0 Å². The molecule has 5 atom stereocenters. The molecule has 0 aromatic heterocycles. The number of amides is 2. The van der Waals surface area contributed by atoms with Crippen LogP contribution in [0.15, 0.2) is 110 Å². The van der Waals surface area contributed by atoms with Crippen molar-refractivity contribution in [1.29, 1.82) is 0 Å². The number of benzene rings is 3. The number of allylic oxidation sites excluding steroid dienone is 2. The lowest BCUT2D eigenvalue weighted by Gasteiger charge is -2.50. The minimum Gasteiger partial charge on any atom is -0.378 e. The van der Waals surface area contributed by atoms with Gasteiger partial charge in [-0.2, -0.15) is 0 Å². The Hall–Kier alpha value is -4.12. The number of hydrogen-bond acceptors (Lipinski definition) is 3. The van der Waals surface area contributed by atoms with Crippen molar-refractivity contribution in [3.05, 3.63) is 127 Å². The molecule has 0 bridgehead atoms. The third-order valence-electron chi connectivity index (χ3n) is 8.74. The topological polar surface area (TPSA) is 61.4 Å². The first kappa shape index (κ1) is 28.4. The maximum atomic E-state index is 14.3. The molecular weight excluding hydrogens is 506 g/mol. The summed E-state index contributed by atoms with van der Waals surface area (Å²) in [5, 5.41) is 7.04. The van der Waals surface area contributed by atoms with Crippen LogP contribution in [0, 0.1) is 11.8 Å². The number of likely N-dealkylation sites (tertiary alicyclic amines) is 1. The molecule has 0 spiro atoms. The molecule has 1 saturated heterocycles. The van der Waals surface area contributed by atoms with E-state index in [0.29, 0.717) is 11.5 Å². The van der Waals surface area contributed by atoms with Gasteiger partial charge in [0, 0.05) is 29.8 Å². The van der Waals surface area contributed by atoms with Crippen molar-refractivity contribution in [3.8, 4) is 0 Å². The molecule has 3 unspecified atom stereocenters. The molecule has 2 heterocycles. The van der Waals surface area contributed by atoms with Gasteiger partial charge in [0.15, 0.2) is 0 Å². The fourth-order valence-electron chi connectivity index (χ4n) is 6.83. The first-order valence-corrected chi connectivity index (χ1v) is 14.9. The zero-order valence-electron chi connectivity index (χ0n) is 23.8. The monoisotopic (exact) mass is 547 g/mol. The summed E-state index contributed by atoms with van der Waals surface area (Å²) >= 11 is 0. The molecule has 2 N–H and O–H groups in total. The number of piperidine rings is 1. The predicted octanol–water partition coefficient (Wildman–Crippen LogP) is 7.48. The standard InChI is InChI=1S/C32H35N3O2.C4H6/c36-31(23-14-5-2-6-15-23)34-28-20-10-8-17-25(28)32(37)35-21-11-18-26-29(22-12-3-1-4-13-22)33-27-19-9-7-16-24(27)30(26)35;1-3-4-2/h1-7,9,12-16,19,25-26,28-30,33H,8,10-11,17-18,20-21H2,(H,34,36);3-4H,1-2H2/t25-,26?,28+,29?,30?;/m0./s1. The van der Waals surface area contributed by atoms with Crippen LogP contribution in [0.4, 0.5) is 5.69 Å². The molecule has 41 heavy (non-hydrogen) atoms. The quantitative estimate of drug-likeness (QED) is 0.326. The summed E-state index contributed by atoms with van der Waals surface area (Å²) < 4.78 is 0. The maximum absolute atomic E-state index is 14.3. The summed E-state index contributed by atoms with van der Waals surface area (Å²) in [6, 6.07) is 28.5. The minimum atomic E-state index is -0.183. The van der Waals surface area contributed by atoms with Gasteiger partial charge in [0.1, 0.15) is 0 Å². The highest BCUT2D eigenvalue weighted by Crippen LogP contribution is 2.50. The van der Waals surface area contributed by atoms with Gasteiger partial charge in [-0.15, -0.1) is 0 Å². The minimum absolute atomic E-state index is 0.0382. The van der Waals surface area contributed by atoms with Crippen LogP contribution >= 0.6 is 0 Å². The van der Waals surface area contributed by atoms with E-state index in [9.17, 15) is 9.59 Å². The Balaban J connectivity index is 0.000000794. The number of rotatable bonds is 5. The fourth-order valence-corrected chi connectivity index (χ4v) is 6.83. The van der Waals surface area contributed by atoms with Gasteiger partial charge >= 0.3 is 0 Å². The van der Waals surface area contributed by atoms with Crippen molar-refractivity contribution in [1.82, 2.24) is 10.2 Å². The van der Waals surface area contributed by atoms with Crippen LogP contribution in [0.5, 0.6) is 0 Å². The molecule has 1 saturated carbocycles. The largest absolute Gasteiger partial charge is 0.378 e. The van der Waals surface area contributed by atoms with Crippen LogP contribution in [0.3, 0.4) is 0 Å². The Morgan fingerprint density at radius 1 is 0.805 bits per heavy atom. The Morgan fingerprint density at radius 2 is 1.46 bits per heavy atom. The van der Waals surface area contributed by atoms with E-state index in [0.717, 1.165) is 50.8 Å². The predicted molar refractivity (Wildman–Crippen MR) is 166 cm³/mol. The number of hydrogen-bond donors (Lipinski definition) is 2. The molecule has 212 valence electrons. The average molecular weight is 548 g/mol. The van der Waals surface area contributed by atoms with E-state index >= 15 is 0 Å². The Morgan fingerprint density at radius 3 is 2.20 bits per heavy atom. The molecule has 5 nitrogen and oxygen atoms in total. The Bertz CT molecular complexity index is 1330. The highest BCUT2D eigenvalue weighted by molar-refractivity contribution is 5.94. The van der Waals surface area contributed by atoms with Crippen LogP contribution in [-0.2, 0) is 4.79 Å². The first-order chi connectivity index (χ1) is 20.1. The first-order valence-electron chi connectivity index (χ1n) is 14.9. The number of para-hydroxylation sites is 1. The number of nitrogens with one attached hydrogen (secondary N) is 2. The van der Waals surface area contributed by atoms with Gasteiger partial charge in [-0.1, -0.05) is 105 Å². The van der Waals surface area contributed by atoms with Gasteiger partial charge in [-0.05, 0) is 55.0 Å². The number of carbonyl (C=O) groups is 2. The molecular formula is C36H41N3O2. The van der Waals surface area contributed by atoms with Crippen LogP contribution < -0.4 is 10.6 Å². The van der Waals surface area contributed by atoms with Gasteiger partial charge in [0.05, 0.1) is 18.0 Å². The lowest BCUT2D eigenvalue weighted by atomic mass is 9.73. The lowest BCUT2D eigenvalue weighted by Crippen LogP contribution is -2.54. The molecule has 3 aliphatic rings. The Labute approximate surface area is 244 Å². The van der Waals surface area contributed by atoms with Crippen LogP contribution in [-0.4, -0.2) is 29.3 Å². The van der Waals surface area contributed by atoms with Gasteiger partial charge < -0.3 is 15.5 Å². The van der Waals surface area contributed by atoms with Gasteiger partial charge in [-0.25, -0.2) is 0 Å². The van der Waals surface area contributed by atoms with Crippen molar-refractivity contribution in [2.24, 2.45) is 11.8 Å². The number of nitrogens with zero attached hydrogens (tertiary/aromatic N) is 1. The number of fused-ring (bicyclic) bond motifs is 3. The summed E-state index contributed by atoms with van der Waals surface area (Å²) in [5.41, 5.74) is 4.26. The smallest absolute Gasteiger partial charge is 0.251 e.